The number of guanidine groups is 1. The van der Waals surface area contributed by atoms with E-state index in [1.165, 1.54) is 30.6 Å². The number of rotatable bonds is 8. The second-order valence-electron chi connectivity index (χ2n) is 7.48. The first-order chi connectivity index (χ1) is 13.2. The smallest absolute Gasteiger partial charge is 0.191 e. The van der Waals surface area contributed by atoms with Gasteiger partial charge in [0.2, 0.25) is 0 Å². The highest BCUT2D eigenvalue weighted by atomic mass is 32.1. The molecule has 0 radical (unpaired) electrons. The van der Waals surface area contributed by atoms with E-state index < -0.39 is 0 Å². The van der Waals surface area contributed by atoms with Crippen LogP contribution in [-0.4, -0.2) is 50.6 Å². The molecule has 1 aliphatic heterocycles. The Kier molecular flexibility index (Phi) is 7.72. The third-order valence-corrected chi connectivity index (χ3v) is 6.10. The van der Waals surface area contributed by atoms with Gasteiger partial charge in [-0.1, -0.05) is 37.3 Å². The van der Waals surface area contributed by atoms with E-state index in [2.05, 4.69) is 74.6 Å². The molecule has 1 fully saturated rings. The van der Waals surface area contributed by atoms with Crippen LogP contribution in [0.3, 0.4) is 0 Å². The van der Waals surface area contributed by atoms with Gasteiger partial charge in [-0.3, -0.25) is 4.99 Å². The fourth-order valence-electron chi connectivity index (χ4n) is 3.60. The SMILES string of the molecule is CN=C(NCC1CCN(CCc2ccccc2)C1)NCC(C)c1ccsc1. The molecule has 1 aromatic heterocycles. The molecule has 0 saturated carbocycles. The van der Waals surface area contributed by atoms with Crippen LogP contribution in [0.2, 0.25) is 0 Å². The van der Waals surface area contributed by atoms with Crippen molar-refractivity contribution in [2.24, 2.45) is 10.9 Å². The van der Waals surface area contributed by atoms with E-state index in [0.29, 0.717) is 11.8 Å². The van der Waals surface area contributed by atoms with Gasteiger partial charge in [0.25, 0.3) is 0 Å². The van der Waals surface area contributed by atoms with E-state index in [1.54, 1.807) is 11.3 Å². The van der Waals surface area contributed by atoms with Crippen molar-refractivity contribution in [1.29, 1.82) is 0 Å². The molecule has 4 nitrogen and oxygen atoms in total. The van der Waals surface area contributed by atoms with Gasteiger partial charge in [0.05, 0.1) is 0 Å². The Morgan fingerprint density at radius 2 is 2.11 bits per heavy atom. The van der Waals surface area contributed by atoms with Crippen LogP contribution in [0.1, 0.15) is 30.4 Å². The van der Waals surface area contributed by atoms with Crippen molar-refractivity contribution in [3.8, 4) is 0 Å². The van der Waals surface area contributed by atoms with Crippen molar-refractivity contribution in [2.45, 2.75) is 25.7 Å². The summed E-state index contributed by atoms with van der Waals surface area (Å²) in [7, 11) is 1.85. The summed E-state index contributed by atoms with van der Waals surface area (Å²) in [5.74, 6) is 2.11. The molecule has 2 heterocycles. The van der Waals surface area contributed by atoms with Crippen LogP contribution in [0.4, 0.5) is 0 Å². The third kappa shape index (κ3) is 6.36. The average molecular weight is 385 g/mol. The molecule has 1 aliphatic rings. The minimum atomic E-state index is 0.495. The molecule has 5 heteroatoms. The maximum Gasteiger partial charge on any atom is 0.191 e. The largest absolute Gasteiger partial charge is 0.356 e. The molecule has 0 spiro atoms. The highest BCUT2D eigenvalue weighted by molar-refractivity contribution is 7.07. The Bertz CT molecular complexity index is 684. The quantitative estimate of drug-likeness (QED) is 0.540. The summed E-state index contributed by atoms with van der Waals surface area (Å²) in [6, 6.07) is 13.0. The van der Waals surface area contributed by atoms with Crippen LogP contribution in [-0.2, 0) is 6.42 Å². The minimum absolute atomic E-state index is 0.495. The summed E-state index contributed by atoms with van der Waals surface area (Å²) in [6.07, 6.45) is 2.41. The van der Waals surface area contributed by atoms with Crippen molar-refractivity contribution in [1.82, 2.24) is 15.5 Å². The van der Waals surface area contributed by atoms with Crippen molar-refractivity contribution < 1.29 is 0 Å². The number of nitrogens with zero attached hydrogens (tertiary/aromatic N) is 2. The Balaban J connectivity index is 1.34. The van der Waals surface area contributed by atoms with Gasteiger partial charge in [-0.2, -0.15) is 11.3 Å². The van der Waals surface area contributed by atoms with E-state index in [0.717, 1.165) is 32.0 Å². The van der Waals surface area contributed by atoms with Gasteiger partial charge >= 0.3 is 0 Å². The molecule has 2 atom stereocenters. The second kappa shape index (κ2) is 10.5. The summed E-state index contributed by atoms with van der Waals surface area (Å²) in [6.45, 7) is 7.71. The maximum absolute atomic E-state index is 4.38. The van der Waals surface area contributed by atoms with Gasteiger partial charge in [-0.25, -0.2) is 0 Å². The van der Waals surface area contributed by atoms with Gasteiger partial charge < -0.3 is 15.5 Å². The molecule has 146 valence electrons. The number of hydrogen-bond donors (Lipinski definition) is 2. The molecule has 2 unspecified atom stereocenters. The fourth-order valence-corrected chi connectivity index (χ4v) is 4.38. The number of aliphatic imine (C=N–C) groups is 1. The predicted octanol–water partition coefficient (Wildman–Crippen LogP) is 3.58. The van der Waals surface area contributed by atoms with Crippen LogP contribution in [0.15, 0.2) is 52.2 Å². The zero-order valence-electron chi connectivity index (χ0n) is 16.5. The second-order valence-corrected chi connectivity index (χ2v) is 8.26. The Hall–Kier alpha value is -1.85. The van der Waals surface area contributed by atoms with Gasteiger partial charge in [0.1, 0.15) is 0 Å². The third-order valence-electron chi connectivity index (χ3n) is 5.40. The number of thiophene rings is 1. The van der Waals surface area contributed by atoms with Crippen LogP contribution in [0, 0.1) is 5.92 Å². The molecular weight excluding hydrogens is 352 g/mol. The van der Waals surface area contributed by atoms with E-state index >= 15 is 0 Å². The molecule has 1 saturated heterocycles. The van der Waals surface area contributed by atoms with Crippen molar-refractivity contribution in [3.63, 3.8) is 0 Å². The average Bonchev–Trinajstić information content (AvgIpc) is 3.39. The lowest BCUT2D eigenvalue weighted by molar-refractivity contribution is 0.328. The van der Waals surface area contributed by atoms with Crippen molar-refractivity contribution >= 4 is 17.3 Å². The molecule has 3 rings (SSSR count). The van der Waals surface area contributed by atoms with E-state index in [1.807, 2.05) is 7.05 Å². The fraction of sp³-hybridized carbons (Fsp3) is 0.500. The Morgan fingerprint density at radius 1 is 1.26 bits per heavy atom. The lowest BCUT2D eigenvalue weighted by atomic mass is 10.1. The summed E-state index contributed by atoms with van der Waals surface area (Å²) in [4.78, 5) is 6.97. The summed E-state index contributed by atoms with van der Waals surface area (Å²) in [5.41, 5.74) is 2.83. The van der Waals surface area contributed by atoms with Gasteiger partial charge in [0, 0.05) is 33.2 Å². The highest BCUT2D eigenvalue weighted by Crippen LogP contribution is 2.17. The topological polar surface area (TPSA) is 39.7 Å². The van der Waals surface area contributed by atoms with E-state index in [-0.39, 0.29) is 0 Å². The minimum Gasteiger partial charge on any atom is -0.356 e. The summed E-state index contributed by atoms with van der Waals surface area (Å²) in [5, 5.41) is 11.4. The van der Waals surface area contributed by atoms with Gasteiger partial charge in [-0.15, -0.1) is 0 Å². The number of benzene rings is 1. The normalized spacial score (nSPS) is 19.2. The molecule has 0 amide bonds. The zero-order valence-corrected chi connectivity index (χ0v) is 17.3. The van der Waals surface area contributed by atoms with E-state index in [9.17, 15) is 0 Å². The predicted molar refractivity (Wildman–Crippen MR) is 117 cm³/mol. The highest BCUT2D eigenvalue weighted by Gasteiger charge is 2.22. The van der Waals surface area contributed by atoms with Crippen LogP contribution in [0.25, 0.3) is 0 Å². The van der Waals surface area contributed by atoms with Crippen LogP contribution < -0.4 is 10.6 Å². The molecule has 1 aromatic carbocycles. The Morgan fingerprint density at radius 3 is 2.85 bits per heavy atom. The summed E-state index contributed by atoms with van der Waals surface area (Å²) >= 11 is 1.76. The van der Waals surface area contributed by atoms with Gasteiger partial charge in [-0.05, 0) is 59.2 Å². The van der Waals surface area contributed by atoms with Crippen molar-refractivity contribution in [3.05, 3.63) is 58.3 Å². The molecule has 0 bridgehead atoms. The Labute approximate surface area is 167 Å². The lowest BCUT2D eigenvalue weighted by Gasteiger charge is -2.18. The lowest BCUT2D eigenvalue weighted by Crippen LogP contribution is -2.41. The number of hydrogen-bond acceptors (Lipinski definition) is 3. The zero-order chi connectivity index (χ0) is 18.9. The molecule has 0 aliphatic carbocycles. The maximum atomic E-state index is 4.38. The van der Waals surface area contributed by atoms with E-state index in [4.69, 9.17) is 0 Å². The number of likely N-dealkylation sites (tertiary alicyclic amines) is 1. The molecule has 27 heavy (non-hydrogen) atoms. The first kappa shape index (κ1) is 19.9. The standard InChI is InChI=1S/C22H32N4S/c1-18(21-10-13-27-17-21)14-24-22(23-2)25-15-20-9-12-26(16-20)11-8-19-6-4-3-5-7-19/h3-7,10,13,17-18,20H,8-9,11-12,14-16H2,1-2H3,(H2,23,24,25). The van der Waals surface area contributed by atoms with Crippen LogP contribution >= 0.6 is 11.3 Å². The molecule has 2 aromatic rings. The van der Waals surface area contributed by atoms with Gasteiger partial charge in [0.15, 0.2) is 5.96 Å². The summed E-state index contributed by atoms with van der Waals surface area (Å²) < 4.78 is 0. The van der Waals surface area contributed by atoms with Crippen LogP contribution in [0.5, 0.6) is 0 Å². The molecule has 2 N–H and O–H groups in total. The van der Waals surface area contributed by atoms with Crippen molar-refractivity contribution in [2.75, 3.05) is 39.8 Å². The first-order valence-corrected chi connectivity index (χ1v) is 10.9. The monoisotopic (exact) mass is 384 g/mol. The molecular formula is C22H32N4S. The number of nitrogens with one attached hydrogen (secondary N) is 2. The first-order valence-electron chi connectivity index (χ1n) is 9.97.